The molecule has 3 N–H and O–H groups in total. The van der Waals surface area contributed by atoms with Crippen LogP contribution in [-0.2, 0) is 4.79 Å². The van der Waals surface area contributed by atoms with Crippen LogP contribution in [-0.4, -0.2) is 34.3 Å². The minimum absolute atomic E-state index is 0.0528. The Hall–Kier alpha value is -2.01. The molecule has 2 fully saturated rings. The molecule has 1 saturated carbocycles. The van der Waals surface area contributed by atoms with Crippen molar-refractivity contribution in [2.45, 2.75) is 44.6 Å². The fourth-order valence-electron chi connectivity index (χ4n) is 4.58. The van der Waals surface area contributed by atoms with Gasteiger partial charge in [0.2, 0.25) is 5.91 Å². The summed E-state index contributed by atoms with van der Waals surface area (Å²) in [6.07, 6.45) is 6.38. The van der Waals surface area contributed by atoms with E-state index in [1.54, 1.807) is 17.0 Å². The molecule has 1 spiro atoms. The summed E-state index contributed by atoms with van der Waals surface area (Å²) >= 11 is 6.20. The van der Waals surface area contributed by atoms with Crippen LogP contribution in [0.4, 0.5) is 0 Å². The van der Waals surface area contributed by atoms with Crippen molar-refractivity contribution in [2.24, 2.45) is 11.1 Å². The minimum atomic E-state index is -0.521. The quantitative estimate of drug-likeness (QED) is 0.861. The molecular weight excluding hydrogens is 338 g/mol. The van der Waals surface area contributed by atoms with E-state index in [-0.39, 0.29) is 11.3 Å². The average molecular weight is 360 g/mol. The van der Waals surface area contributed by atoms with E-state index in [0.29, 0.717) is 23.7 Å². The second-order valence-electron chi connectivity index (χ2n) is 7.50. The number of benzene rings is 1. The molecule has 4 rings (SSSR count). The van der Waals surface area contributed by atoms with E-state index in [0.717, 1.165) is 36.6 Å². The van der Waals surface area contributed by atoms with Crippen LogP contribution in [0.25, 0.3) is 10.9 Å². The number of nitrogens with two attached hydrogens (primary N) is 1. The van der Waals surface area contributed by atoms with Crippen LogP contribution in [0.2, 0.25) is 5.02 Å². The Labute approximate surface area is 151 Å². The normalized spacial score (nSPS) is 22.6. The van der Waals surface area contributed by atoms with Crippen LogP contribution in [0.3, 0.4) is 0 Å². The van der Waals surface area contributed by atoms with E-state index in [1.807, 2.05) is 12.1 Å². The molecule has 1 aliphatic carbocycles. The fourth-order valence-corrected chi connectivity index (χ4v) is 4.81. The molecule has 1 aromatic heterocycles. The molecule has 0 bridgehead atoms. The molecule has 1 saturated heterocycles. The summed E-state index contributed by atoms with van der Waals surface area (Å²) in [5.74, 6) is -0.580. The minimum Gasteiger partial charge on any atom is -0.368 e. The molecule has 25 heavy (non-hydrogen) atoms. The van der Waals surface area contributed by atoms with Gasteiger partial charge in [-0.1, -0.05) is 43.0 Å². The summed E-state index contributed by atoms with van der Waals surface area (Å²) in [6.45, 7) is 0.614. The maximum atomic E-state index is 13.1. The predicted octanol–water partition coefficient (Wildman–Crippen LogP) is 3.47. The van der Waals surface area contributed by atoms with Crippen molar-refractivity contribution in [1.29, 1.82) is 0 Å². The Kier molecular flexibility index (Phi) is 3.99. The number of aromatic nitrogens is 1. The van der Waals surface area contributed by atoms with E-state index in [2.05, 4.69) is 4.98 Å². The van der Waals surface area contributed by atoms with Gasteiger partial charge in [-0.2, -0.15) is 0 Å². The van der Waals surface area contributed by atoms with Gasteiger partial charge in [0.1, 0.15) is 11.7 Å². The summed E-state index contributed by atoms with van der Waals surface area (Å²) in [6, 6.07) is 6.83. The summed E-state index contributed by atoms with van der Waals surface area (Å²) in [7, 11) is 0. The smallest absolute Gasteiger partial charge is 0.271 e. The number of hydrogen-bond donors (Lipinski definition) is 2. The third-order valence-corrected chi connectivity index (χ3v) is 6.16. The maximum absolute atomic E-state index is 13.1. The SMILES string of the molecule is NC(=O)C1CC2(CCCCC2)CN1C(=O)c1cc2cccc(Cl)c2[nH]1. The second kappa shape index (κ2) is 6.06. The van der Waals surface area contributed by atoms with E-state index in [9.17, 15) is 9.59 Å². The first kappa shape index (κ1) is 16.5. The van der Waals surface area contributed by atoms with Gasteiger partial charge < -0.3 is 15.6 Å². The topological polar surface area (TPSA) is 79.2 Å². The van der Waals surface area contributed by atoms with Crippen LogP contribution < -0.4 is 5.73 Å². The van der Waals surface area contributed by atoms with Crippen molar-refractivity contribution in [3.8, 4) is 0 Å². The summed E-state index contributed by atoms with van der Waals surface area (Å²) in [5, 5.41) is 1.46. The number of aromatic amines is 1. The largest absolute Gasteiger partial charge is 0.368 e. The van der Waals surface area contributed by atoms with Gasteiger partial charge in [-0.15, -0.1) is 0 Å². The Morgan fingerprint density at radius 1 is 1.24 bits per heavy atom. The molecule has 2 aromatic rings. The lowest BCUT2D eigenvalue weighted by Gasteiger charge is -2.32. The standard InChI is InChI=1S/C19H22ClN3O2/c20-13-6-4-5-12-9-14(22-16(12)13)18(25)23-11-19(7-2-1-3-8-19)10-15(23)17(21)24/h4-6,9,15,22H,1-3,7-8,10-11H2,(H2,21,24). The Balaban J connectivity index is 1.66. The van der Waals surface area contributed by atoms with Crippen LogP contribution in [0.15, 0.2) is 24.3 Å². The van der Waals surface area contributed by atoms with Gasteiger partial charge in [0.25, 0.3) is 5.91 Å². The number of carbonyl (C=O) groups excluding carboxylic acids is 2. The number of rotatable bonds is 2. The molecule has 1 unspecified atom stereocenters. The number of nitrogens with zero attached hydrogens (tertiary/aromatic N) is 1. The highest BCUT2D eigenvalue weighted by Gasteiger charge is 2.48. The molecule has 2 heterocycles. The van der Waals surface area contributed by atoms with Gasteiger partial charge in [-0.25, -0.2) is 0 Å². The second-order valence-corrected chi connectivity index (χ2v) is 7.91. The van der Waals surface area contributed by atoms with Crippen molar-refractivity contribution < 1.29 is 9.59 Å². The molecule has 132 valence electrons. The van der Waals surface area contributed by atoms with E-state index >= 15 is 0 Å². The van der Waals surface area contributed by atoms with Crippen LogP contribution in [0, 0.1) is 5.41 Å². The third-order valence-electron chi connectivity index (χ3n) is 5.85. The molecule has 2 amide bonds. The van der Waals surface area contributed by atoms with Gasteiger partial charge in [0.15, 0.2) is 0 Å². The van der Waals surface area contributed by atoms with Gasteiger partial charge in [-0.05, 0) is 36.8 Å². The maximum Gasteiger partial charge on any atom is 0.271 e. The van der Waals surface area contributed by atoms with Gasteiger partial charge in [0, 0.05) is 11.9 Å². The van der Waals surface area contributed by atoms with Gasteiger partial charge >= 0.3 is 0 Å². The van der Waals surface area contributed by atoms with Crippen molar-refractivity contribution in [1.82, 2.24) is 9.88 Å². The van der Waals surface area contributed by atoms with Gasteiger partial charge in [-0.3, -0.25) is 9.59 Å². The van der Waals surface area contributed by atoms with Gasteiger partial charge in [0.05, 0.1) is 10.5 Å². The molecule has 1 aromatic carbocycles. The number of H-pyrrole nitrogens is 1. The summed E-state index contributed by atoms with van der Waals surface area (Å²) < 4.78 is 0. The highest BCUT2D eigenvalue weighted by atomic mass is 35.5. The number of hydrogen-bond acceptors (Lipinski definition) is 2. The highest BCUT2D eigenvalue weighted by molar-refractivity contribution is 6.35. The third kappa shape index (κ3) is 2.80. The number of carbonyl (C=O) groups is 2. The molecule has 0 radical (unpaired) electrons. The number of likely N-dealkylation sites (tertiary alicyclic amines) is 1. The molecule has 2 aliphatic rings. The first-order chi connectivity index (χ1) is 12.0. The molecular formula is C19H22ClN3O2. The van der Waals surface area contributed by atoms with Crippen molar-refractivity contribution in [3.05, 3.63) is 35.0 Å². The van der Waals surface area contributed by atoms with Crippen LogP contribution >= 0.6 is 11.6 Å². The lowest BCUT2D eigenvalue weighted by atomic mass is 9.72. The predicted molar refractivity (Wildman–Crippen MR) is 97.5 cm³/mol. The number of halogens is 1. The number of amides is 2. The Morgan fingerprint density at radius 2 is 2.00 bits per heavy atom. The first-order valence-electron chi connectivity index (χ1n) is 8.87. The zero-order valence-electron chi connectivity index (χ0n) is 14.1. The Bertz CT molecular complexity index is 838. The highest BCUT2D eigenvalue weighted by Crippen LogP contribution is 2.46. The molecule has 5 nitrogen and oxygen atoms in total. The number of fused-ring (bicyclic) bond motifs is 1. The zero-order chi connectivity index (χ0) is 17.6. The summed E-state index contributed by atoms with van der Waals surface area (Å²) in [4.78, 5) is 29.9. The Morgan fingerprint density at radius 3 is 2.68 bits per heavy atom. The number of primary amides is 1. The molecule has 1 aliphatic heterocycles. The monoisotopic (exact) mass is 359 g/mol. The molecule has 6 heteroatoms. The molecule has 1 atom stereocenters. The van der Waals surface area contributed by atoms with Crippen LogP contribution in [0.5, 0.6) is 0 Å². The fraction of sp³-hybridized carbons (Fsp3) is 0.474. The van der Waals surface area contributed by atoms with Crippen LogP contribution in [0.1, 0.15) is 49.0 Å². The number of nitrogens with one attached hydrogen (secondary N) is 1. The zero-order valence-corrected chi connectivity index (χ0v) is 14.8. The van der Waals surface area contributed by atoms with E-state index < -0.39 is 11.9 Å². The van der Waals surface area contributed by atoms with Crippen molar-refractivity contribution >= 4 is 34.3 Å². The van der Waals surface area contributed by atoms with E-state index in [4.69, 9.17) is 17.3 Å². The lowest BCUT2D eigenvalue weighted by molar-refractivity contribution is -0.121. The number of para-hydroxylation sites is 1. The van der Waals surface area contributed by atoms with Crippen molar-refractivity contribution in [3.63, 3.8) is 0 Å². The van der Waals surface area contributed by atoms with E-state index in [1.165, 1.54) is 6.42 Å². The van der Waals surface area contributed by atoms with Crippen molar-refractivity contribution in [2.75, 3.05) is 6.54 Å². The lowest BCUT2D eigenvalue weighted by Crippen LogP contribution is -2.44. The average Bonchev–Trinajstić information content (AvgIpc) is 3.18. The summed E-state index contributed by atoms with van der Waals surface area (Å²) in [5.41, 5.74) is 6.89. The first-order valence-corrected chi connectivity index (χ1v) is 9.24.